The number of rotatable bonds is 6. The average Bonchev–Trinajstić information content (AvgIpc) is 3.08. The van der Waals surface area contributed by atoms with Gasteiger partial charge in [0, 0.05) is 25.2 Å². The molecule has 8 heteroatoms. The number of likely N-dealkylation sites (tertiary alicyclic amines) is 1. The van der Waals surface area contributed by atoms with Gasteiger partial charge in [0.25, 0.3) is 11.8 Å². The fraction of sp³-hybridized carbons (Fsp3) is 0.444. The van der Waals surface area contributed by atoms with E-state index in [0.717, 1.165) is 13.0 Å². The molecule has 2 N–H and O–H groups in total. The molecule has 138 valence electrons. The maximum absolute atomic E-state index is 12.5. The van der Waals surface area contributed by atoms with Gasteiger partial charge in [-0.15, -0.1) is 0 Å². The Hall–Kier alpha value is -2.74. The first-order chi connectivity index (χ1) is 12.3. The van der Waals surface area contributed by atoms with Crippen LogP contribution in [0.2, 0.25) is 0 Å². The highest BCUT2D eigenvalue weighted by Crippen LogP contribution is 2.23. The lowest BCUT2D eigenvalue weighted by molar-refractivity contribution is -0.128. The number of amides is 4. The van der Waals surface area contributed by atoms with Crippen molar-refractivity contribution in [2.45, 2.75) is 12.8 Å². The Bertz CT molecular complexity index is 774. The second-order valence-corrected chi connectivity index (χ2v) is 6.93. The van der Waals surface area contributed by atoms with Crippen molar-refractivity contribution in [1.29, 1.82) is 0 Å². The van der Waals surface area contributed by atoms with Gasteiger partial charge in [0.05, 0.1) is 17.0 Å². The van der Waals surface area contributed by atoms with Gasteiger partial charge in [-0.05, 0) is 45.3 Å². The Morgan fingerprint density at radius 3 is 2.69 bits per heavy atom. The molecule has 0 radical (unpaired) electrons. The molecule has 0 aromatic heterocycles. The number of anilines is 1. The third kappa shape index (κ3) is 3.75. The minimum Gasteiger partial charge on any atom is -0.342 e. The van der Waals surface area contributed by atoms with E-state index >= 15 is 0 Å². The van der Waals surface area contributed by atoms with Crippen molar-refractivity contribution in [1.82, 2.24) is 15.1 Å². The molecule has 1 aromatic carbocycles. The lowest BCUT2D eigenvalue weighted by Gasteiger charge is -2.18. The fourth-order valence-electron chi connectivity index (χ4n) is 3.23. The summed E-state index contributed by atoms with van der Waals surface area (Å²) in [7, 11) is 3.96. The number of carbonyl (C=O) groups excluding carboxylic acids is 4. The zero-order chi connectivity index (χ0) is 18.8. The van der Waals surface area contributed by atoms with Gasteiger partial charge in [-0.1, -0.05) is 0 Å². The Labute approximate surface area is 151 Å². The summed E-state index contributed by atoms with van der Waals surface area (Å²) in [6.07, 6.45) is 1.05. The van der Waals surface area contributed by atoms with E-state index in [4.69, 9.17) is 0 Å². The van der Waals surface area contributed by atoms with E-state index in [1.807, 2.05) is 14.1 Å². The molecule has 2 aliphatic rings. The first-order valence-corrected chi connectivity index (χ1v) is 8.58. The van der Waals surface area contributed by atoms with E-state index in [2.05, 4.69) is 15.5 Å². The highest BCUT2D eigenvalue weighted by Gasteiger charge is 2.34. The van der Waals surface area contributed by atoms with Crippen LogP contribution in [0.3, 0.4) is 0 Å². The quantitative estimate of drug-likeness (QED) is 0.713. The van der Waals surface area contributed by atoms with Crippen LogP contribution in [0.5, 0.6) is 0 Å². The van der Waals surface area contributed by atoms with Crippen LogP contribution in [0.15, 0.2) is 18.2 Å². The van der Waals surface area contributed by atoms with E-state index in [9.17, 15) is 19.2 Å². The molecule has 1 atom stereocenters. The highest BCUT2D eigenvalue weighted by molar-refractivity contribution is 6.22. The normalized spacial score (nSPS) is 19.1. The van der Waals surface area contributed by atoms with Crippen molar-refractivity contribution in [3.05, 3.63) is 29.3 Å². The Morgan fingerprint density at radius 1 is 1.23 bits per heavy atom. The third-order valence-corrected chi connectivity index (χ3v) is 4.62. The van der Waals surface area contributed by atoms with E-state index in [0.29, 0.717) is 24.3 Å². The van der Waals surface area contributed by atoms with Gasteiger partial charge in [0.2, 0.25) is 11.8 Å². The molecule has 3 rings (SSSR count). The topological polar surface area (TPSA) is 98.8 Å². The number of hydrogen-bond acceptors (Lipinski definition) is 5. The van der Waals surface area contributed by atoms with Crippen LogP contribution in [0.25, 0.3) is 0 Å². The second kappa shape index (κ2) is 7.25. The largest absolute Gasteiger partial charge is 0.342 e. The molecule has 26 heavy (non-hydrogen) atoms. The number of nitrogens with zero attached hydrogens (tertiary/aromatic N) is 2. The maximum atomic E-state index is 12.5. The molecular formula is C18H22N4O4. The van der Waals surface area contributed by atoms with Crippen LogP contribution in [-0.2, 0) is 9.59 Å². The monoisotopic (exact) mass is 358 g/mol. The maximum Gasteiger partial charge on any atom is 0.259 e. The van der Waals surface area contributed by atoms with Crippen molar-refractivity contribution in [3.63, 3.8) is 0 Å². The summed E-state index contributed by atoms with van der Waals surface area (Å²) in [5.41, 5.74) is 0.994. The number of fused-ring (bicyclic) bond motifs is 1. The number of hydrogen-bond donors (Lipinski definition) is 2. The van der Waals surface area contributed by atoms with E-state index in [-0.39, 0.29) is 23.8 Å². The van der Waals surface area contributed by atoms with Gasteiger partial charge in [-0.3, -0.25) is 24.5 Å². The molecule has 1 aromatic rings. The van der Waals surface area contributed by atoms with Crippen molar-refractivity contribution >= 4 is 29.3 Å². The van der Waals surface area contributed by atoms with E-state index in [1.54, 1.807) is 11.0 Å². The van der Waals surface area contributed by atoms with Crippen LogP contribution in [0.1, 0.15) is 33.6 Å². The van der Waals surface area contributed by atoms with Crippen LogP contribution in [0.4, 0.5) is 5.69 Å². The second-order valence-electron chi connectivity index (χ2n) is 6.93. The number of carbonyl (C=O) groups is 4. The Morgan fingerprint density at radius 2 is 1.96 bits per heavy atom. The summed E-state index contributed by atoms with van der Waals surface area (Å²) in [5.74, 6) is -1.58. The molecule has 0 bridgehead atoms. The van der Waals surface area contributed by atoms with E-state index < -0.39 is 17.7 Å². The zero-order valence-electron chi connectivity index (χ0n) is 14.9. The van der Waals surface area contributed by atoms with Gasteiger partial charge < -0.3 is 15.1 Å². The van der Waals surface area contributed by atoms with Crippen LogP contribution >= 0.6 is 0 Å². The predicted molar refractivity (Wildman–Crippen MR) is 94.7 cm³/mol. The summed E-state index contributed by atoms with van der Waals surface area (Å²) < 4.78 is 0. The lowest BCUT2D eigenvalue weighted by Crippen LogP contribution is -2.30. The minimum absolute atomic E-state index is 0.0113. The lowest BCUT2D eigenvalue weighted by atomic mass is 10.1. The molecule has 1 fully saturated rings. The summed E-state index contributed by atoms with van der Waals surface area (Å²) in [5, 5.41) is 4.96. The van der Waals surface area contributed by atoms with Crippen molar-refractivity contribution < 1.29 is 19.2 Å². The summed E-state index contributed by atoms with van der Waals surface area (Å²) in [6.45, 7) is 1.93. The third-order valence-electron chi connectivity index (χ3n) is 4.62. The van der Waals surface area contributed by atoms with Gasteiger partial charge in [0.15, 0.2) is 0 Å². The fourth-order valence-corrected chi connectivity index (χ4v) is 3.23. The van der Waals surface area contributed by atoms with Gasteiger partial charge in [0.1, 0.15) is 0 Å². The number of nitrogens with one attached hydrogen (secondary N) is 2. The number of benzene rings is 1. The Balaban J connectivity index is 1.59. The molecule has 1 saturated heterocycles. The minimum atomic E-state index is -0.468. The average molecular weight is 358 g/mol. The van der Waals surface area contributed by atoms with Crippen LogP contribution in [-0.4, -0.2) is 67.2 Å². The molecular weight excluding hydrogens is 336 g/mol. The Kier molecular flexibility index (Phi) is 5.03. The van der Waals surface area contributed by atoms with Gasteiger partial charge >= 0.3 is 0 Å². The van der Waals surface area contributed by atoms with Crippen LogP contribution in [0, 0.1) is 5.92 Å². The molecule has 4 amide bonds. The standard InChI is InChI=1S/C18H22N4O4/c1-21(2)6-3-7-22-10-11(8-15(22)23)16(24)19-12-4-5-13-14(9-12)18(26)20-17(13)25/h4-5,9,11H,3,6-8,10H2,1-2H3,(H,19,24)(H,20,25,26). The van der Waals surface area contributed by atoms with Crippen LogP contribution < -0.4 is 10.6 Å². The SMILES string of the molecule is CN(C)CCCN1CC(C(=O)Nc2ccc3c(c2)C(=O)NC3=O)CC1=O. The summed E-state index contributed by atoms with van der Waals surface area (Å²) >= 11 is 0. The zero-order valence-corrected chi connectivity index (χ0v) is 14.9. The van der Waals surface area contributed by atoms with Gasteiger partial charge in [-0.25, -0.2) is 0 Å². The van der Waals surface area contributed by atoms with Crippen molar-refractivity contribution in [3.8, 4) is 0 Å². The van der Waals surface area contributed by atoms with Crippen molar-refractivity contribution in [2.24, 2.45) is 5.92 Å². The van der Waals surface area contributed by atoms with Gasteiger partial charge in [-0.2, -0.15) is 0 Å². The van der Waals surface area contributed by atoms with Crippen molar-refractivity contribution in [2.75, 3.05) is 39.0 Å². The molecule has 2 aliphatic heterocycles. The predicted octanol–water partition coefficient (Wildman–Crippen LogP) is 0.309. The molecule has 0 aliphatic carbocycles. The summed E-state index contributed by atoms with van der Waals surface area (Å²) in [4.78, 5) is 51.6. The molecule has 8 nitrogen and oxygen atoms in total. The first kappa shape index (κ1) is 18.1. The number of imide groups is 1. The molecule has 0 spiro atoms. The first-order valence-electron chi connectivity index (χ1n) is 8.58. The molecule has 0 saturated carbocycles. The smallest absolute Gasteiger partial charge is 0.259 e. The molecule has 1 unspecified atom stereocenters. The molecule has 2 heterocycles. The highest BCUT2D eigenvalue weighted by atomic mass is 16.2. The van der Waals surface area contributed by atoms with E-state index in [1.165, 1.54) is 12.1 Å². The summed E-state index contributed by atoms with van der Waals surface area (Å²) in [6, 6.07) is 4.58.